The Bertz CT molecular complexity index is 1080. The molecule has 0 atom stereocenters. The topological polar surface area (TPSA) is 62.1 Å². The number of amides is 1. The molecule has 1 amide bonds. The number of anilines is 1. The van der Waals surface area contributed by atoms with Gasteiger partial charge in [-0.1, -0.05) is 41.9 Å². The Balaban J connectivity index is 1.73. The van der Waals surface area contributed by atoms with Gasteiger partial charge in [0.1, 0.15) is 12.4 Å². The summed E-state index contributed by atoms with van der Waals surface area (Å²) in [6.07, 6.45) is 0.321. The van der Waals surface area contributed by atoms with Crippen LogP contribution in [0.1, 0.15) is 21.5 Å². The fraction of sp³-hybridized carbons (Fsp3) is 0.0909. The van der Waals surface area contributed by atoms with Crippen molar-refractivity contribution in [2.24, 2.45) is 0 Å². The number of halogens is 3. The summed E-state index contributed by atoms with van der Waals surface area (Å²) >= 11 is 5.87. The molecule has 7 heteroatoms. The number of nitrogens with one attached hydrogen (secondary N) is 1. The molecule has 0 heterocycles. The van der Waals surface area contributed by atoms with E-state index in [9.17, 15) is 13.6 Å². The third-order valence-corrected chi connectivity index (χ3v) is 4.43. The molecule has 0 fully saturated rings. The standard InChI is InChI=1S/C22H15ClF2N2O2/c23-18-12-20(25)19(24)11-17(18)22(28)27-21-4-2-1-3-15(21)13-29-16-7-5-14(6-8-16)9-10-26/h1-8,11-12H,9,13H2,(H,27,28). The van der Waals surface area contributed by atoms with Crippen LogP contribution in [0.5, 0.6) is 5.75 Å². The minimum Gasteiger partial charge on any atom is -0.489 e. The number of carbonyl (C=O) groups excluding carboxylic acids is 1. The first kappa shape index (κ1) is 20.3. The summed E-state index contributed by atoms with van der Waals surface area (Å²) in [7, 11) is 0. The summed E-state index contributed by atoms with van der Waals surface area (Å²) in [5.74, 6) is -2.34. The molecule has 3 aromatic carbocycles. The lowest BCUT2D eigenvalue weighted by atomic mass is 10.1. The van der Waals surface area contributed by atoms with Crippen LogP contribution in [-0.4, -0.2) is 5.91 Å². The maximum atomic E-state index is 13.5. The zero-order valence-electron chi connectivity index (χ0n) is 15.1. The van der Waals surface area contributed by atoms with Crippen molar-refractivity contribution in [1.82, 2.24) is 0 Å². The van der Waals surface area contributed by atoms with E-state index in [2.05, 4.69) is 11.4 Å². The van der Waals surface area contributed by atoms with Crippen molar-refractivity contribution in [1.29, 1.82) is 5.26 Å². The van der Waals surface area contributed by atoms with Gasteiger partial charge in [0.2, 0.25) is 0 Å². The molecule has 0 unspecified atom stereocenters. The number of ether oxygens (including phenoxy) is 1. The number of nitriles is 1. The number of para-hydroxylation sites is 1. The minimum atomic E-state index is -1.16. The van der Waals surface area contributed by atoms with E-state index in [1.54, 1.807) is 48.5 Å². The Labute approximate surface area is 171 Å². The average molecular weight is 413 g/mol. The summed E-state index contributed by atoms with van der Waals surface area (Å²) in [5, 5.41) is 11.2. The molecule has 0 aliphatic carbocycles. The third-order valence-electron chi connectivity index (χ3n) is 4.12. The highest BCUT2D eigenvalue weighted by atomic mass is 35.5. The molecule has 0 aliphatic rings. The normalized spacial score (nSPS) is 10.3. The fourth-order valence-corrected chi connectivity index (χ4v) is 2.85. The van der Waals surface area contributed by atoms with Crippen LogP contribution >= 0.6 is 11.6 Å². The number of nitrogens with zero attached hydrogens (tertiary/aromatic N) is 1. The second kappa shape index (κ2) is 9.18. The third kappa shape index (κ3) is 5.09. The van der Waals surface area contributed by atoms with Gasteiger partial charge in [0.25, 0.3) is 5.91 Å². The van der Waals surface area contributed by atoms with Crippen LogP contribution in [-0.2, 0) is 13.0 Å². The molecular weight excluding hydrogens is 398 g/mol. The molecule has 0 aromatic heterocycles. The molecule has 0 radical (unpaired) electrons. The fourth-order valence-electron chi connectivity index (χ4n) is 2.61. The molecule has 146 valence electrons. The largest absolute Gasteiger partial charge is 0.489 e. The SMILES string of the molecule is N#CCc1ccc(OCc2ccccc2NC(=O)c2cc(F)c(F)cc2Cl)cc1. The van der Waals surface area contributed by atoms with Gasteiger partial charge in [-0.25, -0.2) is 8.78 Å². The molecule has 0 spiro atoms. The number of rotatable bonds is 6. The first-order chi connectivity index (χ1) is 14.0. The van der Waals surface area contributed by atoms with Gasteiger partial charge in [-0.3, -0.25) is 4.79 Å². The van der Waals surface area contributed by atoms with E-state index in [0.717, 1.165) is 17.7 Å². The Morgan fingerprint density at radius 3 is 2.48 bits per heavy atom. The molecule has 0 saturated carbocycles. The minimum absolute atomic E-state index is 0.166. The van der Waals surface area contributed by atoms with Crippen LogP contribution in [0.4, 0.5) is 14.5 Å². The van der Waals surface area contributed by atoms with Gasteiger partial charge in [0.05, 0.1) is 23.1 Å². The first-order valence-electron chi connectivity index (χ1n) is 8.60. The Hall–Kier alpha value is -3.43. The zero-order chi connectivity index (χ0) is 20.8. The highest BCUT2D eigenvalue weighted by Gasteiger charge is 2.16. The summed E-state index contributed by atoms with van der Waals surface area (Å²) in [4.78, 5) is 12.5. The maximum Gasteiger partial charge on any atom is 0.257 e. The molecular formula is C22H15ClF2N2O2. The van der Waals surface area contributed by atoms with E-state index in [1.165, 1.54) is 0 Å². The lowest BCUT2D eigenvalue weighted by molar-refractivity contribution is 0.102. The monoisotopic (exact) mass is 412 g/mol. The van der Waals surface area contributed by atoms with Gasteiger partial charge < -0.3 is 10.1 Å². The van der Waals surface area contributed by atoms with Gasteiger partial charge in [-0.05, 0) is 35.9 Å². The van der Waals surface area contributed by atoms with Gasteiger partial charge in [0.15, 0.2) is 11.6 Å². The Kier molecular flexibility index (Phi) is 6.43. The summed E-state index contributed by atoms with van der Waals surface area (Å²) in [6.45, 7) is 0.166. The Morgan fingerprint density at radius 1 is 1.07 bits per heavy atom. The van der Waals surface area contributed by atoms with E-state index in [-0.39, 0.29) is 17.2 Å². The summed E-state index contributed by atoms with van der Waals surface area (Å²) in [6, 6.07) is 17.7. The summed E-state index contributed by atoms with van der Waals surface area (Å²) < 4.78 is 32.4. The molecule has 3 rings (SSSR count). The smallest absolute Gasteiger partial charge is 0.257 e. The van der Waals surface area contributed by atoms with Crippen molar-refractivity contribution in [3.63, 3.8) is 0 Å². The predicted molar refractivity (Wildman–Crippen MR) is 106 cm³/mol. The number of hydrogen-bond acceptors (Lipinski definition) is 3. The van der Waals surface area contributed by atoms with Crippen LogP contribution in [0, 0.1) is 23.0 Å². The Morgan fingerprint density at radius 2 is 1.76 bits per heavy atom. The lowest BCUT2D eigenvalue weighted by Crippen LogP contribution is -2.15. The highest BCUT2D eigenvalue weighted by molar-refractivity contribution is 6.34. The van der Waals surface area contributed by atoms with Crippen LogP contribution in [0.25, 0.3) is 0 Å². The van der Waals surface area contributed by atoms with E-state index in [1.807, 2.05) is 0 Å². The average Bonchev–Trinajstić information content (AvgIpc) is 2.71. The second-order valence-electron chi connectivity index (χ2n) is 6.12. The van der Waals surface area contributed by atoms with Gasteiger partial charge in [-0.2, -0.15) is 5.26 Å². The number of hydrogen-bond donors (Lipinski definition) is 1. The zero-order valence-corrected chi connectivity index (χ0v) is 15.8. The van der Waals surface area contributed by atoms with E-state index in [4.69, 9.17) is 21.6 Å². The quantitative estimate of drug-likeness (QED) is 0.542. The molecule has 0 bridgehead atoms. The van der Waals surface area contributed by atoms with E-state index >= 15 is 0 Å². The molecule has 0 aliphatic heterocycles. The van der Waals surface area contributed by atoms with E-state index in [0.29, 0.717) is 23.4 Å². The van der Waals surface area contributed by atoms with Gasteiger partial charge >= 0.3 is 0 Å². The van der Waals surface area contributed by atoms with Gasteiger partial charge in [0, 0.05) is 11.3 Å². The van der Waals surface area contributed by atoms with Crippen LogP contribution < -0.4 is 10.1 Å². The van der Waals surface area contributed by atoms with Crippen molar-refractivity contribution < 1.29 is 18.3 Å². The molecule has 29 heavy (non-hydrogen) atoms. The number of benzene rings is 3. The molecule has 0 saturated heterocycles. The van der Waals surface area contributed by atoms with Crippen molar-refractivity contribution >= 4 is 23.2 Å². The van der Waals surface area contributed by atoms with Crippen LogP contribution in [0.3, 0.4) is 0 Å². The van der Waals surface area contributed by atoms with Crippen molar-refractivity contribution in [2.75, 3.05) is 5.32 Å². The van der Waals surface area contributed by atoms with Crippen molar-refractivity contribution in [3.05, 3.63) is 94.0 Å². The van der Waals surface area contributed by atoms with Crippen LogP contribution in [0.15, 0.2) is 60.7 Å². The van der Waals surface area contributed by atoms with Gasteiger partial charge in [-0.15, -0.1) is 0 Å². The summed E-state index contributed by atoms with van der Waals surface area (Å²) in [5.41, 5.74) is 1.85. The first-order valence-corrected chi connectivity index (χ1v) is 8.98. The maximum absolute atomic E-state index is 13.5. The second-order valence-corrected chi connectivity index (χ2v) is 6.53. The molecule has 4 nitrogen and oxygen atoms in total. The predicted octanol–water partition coefficient (Wildman–Crippen LogP) is 5.52. The lowest BCUT2D eigenvalue weighted by Gasteiger charge is -2.13. The van der Waals surface area contributed by atoms with Crippen LogP contribution in [0.2, 0.25) is 5.02 Å². The molecule has 3 aromatic rings. The molecule has 1 N–H and O–H groups in total. The highest BCUT2D eigenvalue weighted by Crippen LogP contribution is 2.24. The van der Waals surface area contributed by atoms with Crippen molar-refractivity contribution in [3.8, 4) is 11.8 Å². The van der Waals surface area contributed by atoms with Crippen molar-refractivity contribution in [2.45, 2.75) is 13.0 Å². The number of carbonyl (C=O) groups is 1. The van der Waals surface area contributed by atoms with E-state index < -0.39 is 17.5 Å².